The maximum Gasteiger partial charge on any atom is 0.251 e. The quantitative estimate of drug-likeness (QED) is 0.897. The van der Waals surface area contributed by atoms with Crippen molar-refractivity contribution < 1.29 is 9.53 Å². The van der Waals surface area contributed by atoms with Crippen LogP contribution < -0.4 is 10.6 Å². The Kier molecular flexibility index (Phi) is 5.62. The Balaban J connectivity index is 0.00000161. The molecule has 2 saturated heterocycles. The van der Waals surface area contributed by atoms with E-state index in [9.17, 15) is 4.79 Å². The van der Waals surface area contributed by atoms with E-state index >= 15 is 0 Å². The minimum Gasteiger partial charge on any atom is -0.380 e. The zero-order chi connectivity index (χ0) is 13.9. The molecule has 0 aromatic heterocycles. The Morgan fingerprint density at radius 2 is 1.86 bits per heavy atom. The highest BCUT2D eigenvalue weighted by atomic mass is 35.5. The molecule has 2 heterocycles. The maximum absolute atomic E-state index is 12.3. The molecule has 2 fully saturated rings. The van der Waals surface area contributed by atoms with E-state index in [-0.39, 0.29) is 18.3 Å². The highest BCUT2D eigenvalue weighted by molar-refractivity contribution is 5.94. The van der Waals surface area contributed by atoms with Crippen LogP contribution in [0.3, 0.4) is 0 Å². The Labute approximate surface area is 132 Å². The van der Waals surface area contributed by atoms with Gasteiger partial charge in [0, 0.05) is 30.8 Å². The second kappa shape index (κ2) is 7.25. The summed E-state index contributed by atoms with van der Waals surface area (Å²) in [5, 5.41) is 6.77. The van der Waals surface area contributed by atoms with Gasteiger partial charge in [-0.15, -0.1) is 12.4 Å². The molecule has 0 radical (unpaired) electrons. The number of amides is 1. The SMILES string of the molecule is COCc1ccc(C(=O)NC2CC3CCC(C2)N3)cc1.Cl. The van der Waals surface area contributed by atoms with E-state index < -0.39 is 0 Å². The van der Waals surface area contributed by atoms with Gasteiger partial charge in [-0.3, -0.25) is 4.79 Å². The highest BCUT2D eigenvalue weighted by Gasteiger charge is 2.33. The van der Waals surface area contributed by atoms with Gasteiger partial charge in [-0.1, -0.05) is 12.1 Å². The first-order valence-electron chi connectivity index (χ1n) is 7.39. The molecule has 2 aliphatic rings. The third-order valence-corrected chi connectivity index (χ3v) is 4.34. The van der Waals surface area contributed by atoms with Crippen molar-refractivity contribution in [1.82, 2.24) is 10.6 Å². The van der Waals surface area contributed by atoms with Crippen molar-refractivity contribution >= 4 is 18.3 Å². The molecule has 2 aliphatic heterocycles. The molecule has 0 aliphatic carbocycles. The average molecular weight is 311 g/mol. The van der Waals surface area contributed by atoms with Gasteiger partial charge in [-0.25, -0.2) is 0 Å². The summed E-state index contributed by atoms with van der Waals surface area (Å²) in [6.07, 6.45) is 4.62. The topological polar surface area (TPSA) is 50.4 Å². The van der Waals surface area contributed by atoms with Gasteiger partial charge >= 0.3 is 0 Å². The van der Waals surface area contributed by atoms with Gasteiger partial charge < -0.3 is 15.4 Å². The maximum atomic E-state index is 12.3. The van der Waals surface area contributed by atoms with Crippen LogP contribution in [-0.4, -0.2) is 31.1 Å². The fourth-order valence-corrected chi connectivity index (χ4v) is 3.36. The fourth-order valence-electron chi connectivity index (χ4n) is 3.36. The first-order valence-corrected chi connectivity index (χ1v) is 7.39. The van der Waals surface area contributed by atoms with Crippen molar-refractivity contribution in [3.63, 3.8) is 0 Å². The van der Waals surface area contributed by atoms with E-state index in [0.717, 1.165) is 24.0 Å². The summed E-state index contributed by atoms with van der Waals surface area (Å²) in [5.74, 6) is 0.0419. The van der Waals surface area contributed by atoms with Crippen molar-refractivity contribution in [2.24, 2.45) is 0 Å². The average Bonchev–Trinajstić information content (AvgIpc) is 2.79. The fraction of sp³-hybridized carbons (Fsp3) is 0.562. The molecule has 3 rings (SSSR count). The van der Waals surface area contributed by atoms with Crippen molar-refractivity contribution in [3.8, 4) is 0 Å². The summed E-state index contributed by atoms with van der Waals surface area (Å²) in [7, 11) is 1.67. The Hall–Kier alpha value is -1.10. The number of ether oxygens (including phenoxy) is 1. The van der Waals surface area contributed by atoms with Crippen LogP contribution in [0.25, 0.3) is 0 Å². The van der Waals surface area contributed by atoms with E-state index in [1.54, 1.807) is 7.11 Å². The van der Waals surface area contributed by atoms with Gasteiger partial charge in [0.2, 0.25) is 0 Å². The molecule has 1 aromatic carbocycles. The number of hydrogen-bond acceptors (Lipinski definition) is 3. The molecular formula is C16H23ClN2O2. The number of hydrogen-bond donors (Lipinski definition) is 2. The minimum absolute atomic E-state index is 0. The standard InChI is InChI=1S/C16H22N2O2.ClH/c1-20-10-11-2-4-12(5-3-11)16(19)18-15-8-13-6-7-14(9-15)17-13;/h2-5,13-15,17H,6-10H2,1H3,(H,18,19);1H. The molecular weight excluding hydrogens is 288 g/mol. The van der Waals surface area contributed by atoms with Crippen molar-refractivity contribution in [3.05, 3.63) is 35.4 Å². The lowest BCUT2D eigenvalue weighted by Gasteiger charge is -2.29. The number of carbonyl (C=O) groups excluding carboxylic acids is 1. The van der Waals surface area contributed by atoms with Crippen LogP contribution in [0.5, 0.6) is 0 Å². The molecule has 116 valence electrons. The normalized spacial score (nSPS) is 27.0. The molecule has 2 atom stereocenters. The summed E-state index contributed by atoms with van der Waals surface area (Å²) in [6.45, 7) is 0.583. The number of rotatable bonds is 4. The van der Waals surface area contributed by atoms with Crippen molar-refractivity contribution in [2.75, 3.05) is 7.11 Å². The Morgan fingerprint density at radius 3 is 2.43 bits per heavy atom. The van der Waals surface area contributed by atoms with E-state index in [1.165, 1.54) is 12.8 Å². The summed E-state index contributed by atoms with van der Waals surface area (Å²) in [5.41, 5.74) is 1.82. The van der Waals surface area contributed by atoms with E-state index in [4.69, 9.17) is 4.74 Å². The van der Waals surface area contributed by atoms with Gasteiger partial charge in [0.25, 0.3) is 5.91 Å². The molecule has 2 unspecified atom stereocenters. The third kappa shape index (κ3) is 3.96. The van der Waals surface area contributed by atoms with E-state index in [1.807, 2.05) is 24.3 Å². The van der Waals surface area contributed by atoms with Crippen LogP contribution in [0.15, 0.2) is 24.3 Å². The Bertz CT molecular complexity index is 466. The number of halogens is 1. The second-order valence-electron chi connectivity index (χ2n) is 5.91. The monoisotopic (exact) mass is 310 g/mol. The zero-order valence-electron chi connectivity index (χ0n) is 12.3. The van der Waals surface area contributed by atoms with Crippen molar-refractivity contribution in [1.29, 1.82) is 0 Å². The van der Waals surface area contributed by atoms with Crippen LogP contribution in [0.4, 0.5) is 0 Å². The summed E-state index contributed by atoms with van der Waals surface area (Å²) in [6, 6.07) is 9.17. The summed E-state index contributed by atoms with van der Waals surface area (Å²) < 4.78 is 5.07. The molecule has 1 amide bonds. The van der Waals surface area contributed by atoms with Crippen molar-refractivity contribution in [2.45, 2.75) is 50.4 Å². The van der Waals surface area contributed by atoms with Crippen LogP contribution >= 0.6 is 12.4 Å². The Morgan fingerprint density at radius 1 is 1.24 bits per heavy atom. The van der Waals surface area contributed by atoms with E-state index in [2.05, 4.69) is 10.6 Å². The minimum atomic E-state index is 0. The van der Waals surface area contributed by atoms with Gasteiger partial charge in [-0.05, 0) is 43.4 Å². The number of fused-ring (bicyclic) bond motifs is 2. The lowest BCUT2D eigenvalue weighted by atomic mass is 9.99. The lowest BCUT2D eigenvalue weighted by molar-refractivity contribution is 0.0924. The molecule has 1 aromatic rings. The smallest absolute Gasteiger partial charge is 0.251 e. The molecule has 21 heavy (non-hydrogen) atoms. The van der Waals surface area contributed by atoms with Gasteiger partial charge in [-0.2, -0.15) is 0 Å². The highest BCUT2D eigenvalue weighted by Crippen LogP contribution is 2.26. The lowest BCUT2D eigenvalue weighted by Crippen LogP contribution is -2.48. The number of methoxy groups -OCH3 is 1. The molecule has 4 nitrogen and oxygen atoms in total. The van der Waals surface area contributed by atoms with Gasteiger partial charge in [0.1, 0.15) is 0 Å². The van der Waals surface area contributed by atoms with Gasteiger partial charge in [0.15, 0.2) is 0 Å². The molecule has 0 spiro atoms. The molecule has 2 N–H and O–H groups in total. The zero-order valence-corrected chi connectivity index (χ0v) is 13.1. The third-order valence-electron chi connectivity index (χ3n) is 4.34. The van der Waals surface area contributed by atoms with E-state index in [0.29, 0.717) is 24.7 Å². The van der Waals surface area contributed by atoms with Crippen LogP contribution in [0.2, 0.25) is 0 Å². The predicted molar refractivity (Wildman–Crippen MR) is 84.8 cm³/mol. The molecule has 2 bridgehead atoms. The van der Waals surface area contributed by atoms with Gasteiger partial charge in [0.05, 0.1) is 6.61 Å². The molecule has 0 saturated carbocycles. The first kappa shape index (κ1) is 16.3. The van der Waals surface area contributed by atoms with Crippen LogP contribution in [-0.2, 0) is 11.3 Å². The summed E-state index contributed by atoms with van der Waals surface area (Å²) >= 11 is 0. The van der Waals surface area contributed by atoms with Crippen LogP contribution in [0, 0.1) is 0 Å². The predicted octanol–water partition coefficient (Wildman–Crippen LogP) is 2.27. The number of piperidine rings is 1. The second-order valence-corrected chi connectivity index (χ2v) is 5.91. The number of benzene rings is 1. The number of nitrogens with one attached hydrogen (secondary N) is 2. The molecule has 5 heteroatoms. The summed E-state index contributed by atoms with van der Waals surface area (Å²) in [4.78, 5) is 12.3. The first-order chi connectivity index (χ1) is 9.74. The van der Waals surface area contributed by atoms with Crippen LogP contribution in [0.1, 0.15) is 41.6 Å². The largest absolute Gasteiger partial charge is 0.380 e. The number of carbonyl (C=O) groups is 1.